The third kappa shape index (κ3) is 3.11. The molecule has 0 bridgehead atoms. The quantitative estimate of drug-likeness (QED) is 0.764. The summed E-state index contributed by atoms with van der Waals surface area (Å²) in [7, 11) is 1.91. The van der Waals surface area contributed by atoms with Crippen molar-refractivity contribution in [3.8, 4) is 0 Å². The number of amides is 1. The van der Waals surface area contributed by atoms with Gasteiger partial charge in [-0.3, -0.25) is 9.48 Å². The number of hydrogen-bond acceptors (Lipinski definition) is 3. The highest BCUT2D eigenvalue weighted by atomic mass is 16.5. The molecule has 6 nitrogen and oxygen atoms in total. The van der Waals surface area contributed by atoms with Crippen molar-refractivity contribution in [1.82, 2.24) is 19.2 Å². The number of carbonyl (C=O) groups excluding carboxylic acids is 1. The maximum absolute atomic E-state index is 12.8. The number of rotatable bonds is 6. The molecule has 2 aromatic rings. The van der Waals surface area contributed by atoms with Crippen LogP contribution in [0, 0.1) is 5.92 Å². The van der Waals surface area contributed by atoms with Crippen LogP contribution >= 0.6 is 0 Å². The van der Waals surface area contributed by atoms with Crippen molar-refractivity contribution in [2.24, 2.45) is 13.0 Å². The minimum absolute atomic E-state index is 0.0823. The highest BCUT2D eigenvalue weighted by molar-refractivity contribution is 5.92. The van der Waals surface area contributed by atoms with Gasteiger partial charge in [-0.2, -0.15) is 5.10 Å². The van der Waals surface area contributed by atoms with Crippen molar-refractivity contribution < 1.29 is 9.53 Å². The standard InChI is InChI=1S/C18H24N4O2/c1-20-9-2-3-17(20)18(23)21-11-15-6-8-19-22(15)16(12-21)7-10-24-13-14-4-5-14/h2-3,6,8-9,14,16H,4-5,7,10-13H2,1H3. The Bertz CT molecular complexity index is 716. The van der Waals surface area contributed by atoms with Gasteiger partial charge in [-0.15, -0.1) is 0 Å². The second kappa shape index (κ2) is 6.43. The molecule has 3 heterocycles. The van der Waals surface area contributed by atoms with E-state index in [0.717, 1.165) is 36.9 Å². The third-order valence-corrected chi connectivity index (χ3v) is 4.98. The Kier molecular flexibility index (Phi) is 4.14. The van der Waals surface area contributed by atoms with Crippen molar-refractivity contribution in [3.05, 3.63) is 42.0 Å². The molecule has 1 amide bonds. The van der Waals surface area contributed by atoms with E-state index in [0.29, 0.717) is 13.1 Å². The molecule has 1 aliphatic heterocycles. The Morgan fingerprint density at radius 1 is 1.38 bits per heavy atom. The Balaban J connectivity index is 1.44. The summed E-state index contributed by atoms with van der Waals surface area (Å²) in [6.07, 6.45) is 7.24. The van der Waals surface area contributed by atoms with Gasteiger partial charge in [-0.05, 0) is 43.4 Å². The van der Waals surface area contributed by atoms with E-state index >= 15 is 0 Å². The van der Waals surface area contributed by atoms with Crippen LogP contribution in [0.25, 0.3) is 0 Å². The number of ether oxygens (including phenoxy) is 1. The number of aryl methyl sites for hydroxylation is 1. The fourth-order valence-electron chi connectivity index (χ4n) is 3.35. The normalized spacial score (nSPS) is 20.2. The lowest BCUT2D eigenvalue weighted by Gasteiger charge is -2.34. The van der Waals surface area contributed by atoms with Crippen LogP contribution in [0.2, 0.25) is 0 Å². The van der Waals surface area contributed by atoms with Crippen LogP contribution in [0.4, 0.5) is 0 Å². The second-order valence-electron chi connectivity index (χ2n) is 6.92. The van der Waals surface area contributed by atoms with E-state index in [4.69, 9.17) is 4.74 Å². The van der Waals surface area contributed by atoms with Gasteiger partial charge in [-0.25, -0.2) is 0 Å². The number of nitrogens with zero attached hydrogens (tertiary/aromatic N) is 4. The van der Waals surface area contributed by atoms with E-state index in [2.05, 4.69) is 9.78 Å². The molecule has 2 aliphatic rings. The summed E-state index contributed by atoms with van der Waals surface area (Å²) < 4.78 is 9.73. The molecule has 0 spiro atoms. The maximum atomic E-state index is 12.8. The van der Waals surface area contributed by atoms with E-state index in [1.165, 1.54) is 12.8 Å². The molecule has 4 rings (SSSR count). The summed E-state index contributed by atoms with van der Waals surface area (Å²) in [4.78, 5) is 14.8. The van der Waals surface area contributed by atoms with Crippen molar-refractivity contribution in [2.75, 3.05) is 19.8 Å². The summed E-state index contributed by atoms with van der Waals surface area (Å²) in [6, 6.07) is 5.97. The van der Waals surface area contributed by atoms with Crippen LogP contribution in [-0.2, 0) is 18.3 Å². The molecule has 1 unspecified atom stereocenters. The first-order valence-corrected chi connectivity index (χ1v) is 8.73. The SMILES string of the molecule is Cn1cccc1C(=O)N1Cc2ccnn2C(CCOCC2CC2)C1. The van der Waals surface area contributed by atoms with Crippen LogP contribution in [0.5, 0.6) is 0 Å². The number of fused-ring (bicyclic) bond motifs is 1. The van der Waals surface area contributed by atoms with E-state index < -0.39 is 0 Å². The molecular weight excluding hydrogens is 304 g/mol. The Morgan fingerprint density at radius 2 is 2.25 bits per heavy atom. The lowest BCUT2D eigenvalue weighted by Crippen LogP contribution is -2.42. The van der Waals surface area contributed by atoms with Gasteiger partial charge >= 0.3 is 0 Å². The molecule has 2 aromatic heterocycles. The van der Waals surface area contributed by atoms with Crippen LogP contribution in [-0.4, -0.2) is 44.9 Å². The van der Waals surface area contributed by atoms with Crippen LogP contribution in [0.1, 0.15) is 41.5 Å². The fraction of sp³-hybridized carbons (Fsp3) is 0.556. The minimum Gasteiger partial charge on any atom is -0.381 e. The lowest BCUT2D eigenvalue weighted by atomic mass is 10.1. The molecule has 1 saturated carbocycles. The predicted octanol–water partition coefficient (Wildman–Crippen LogP) is 2.24. The maximum Gasteiger partial charge on any atom is 0.270 e. The fourth-order valence-corrected chi connectivity index (χ4v) is 3.35. The van der Waals surface area contributed by atoms with Crippen LogP contribution < -0.4 is 0 Å². The molecule has 128 valence electrons. The average Bonchev–Trinajstić information content (AvgIpc) is 3.10. The first kappa shape index (κ1) is 15.4. The second-order valence-corrected chi connectivity index (χ2v) is 6.92. The largest absolute Gasteiger partial charge is 0.381 e. The molecule has 0 radical (unpaired) electrons. The van der Waals surface area contributed by atoms with Gasteiger partial charge in [-0.1, -0.05) is 0 Å². The Morgan fingerprint density at radius 3 is 3.00 bits per heavy atom. The Hall–Kier alpha value is -2.08. The van der Waals surface area contributed by atoms with Gasteiger partial charge in [0, 0.05) is 39.2 Å². The first-order chi connectivity index (χ1) is 11.7. The Labute approximate surface area is 142 Å². The van der Waals surface area contributed by atoms with E-state index in [9.17, 15) is 4.79 Å². The molecule has 0 N–H and O–H groups in total. The number of aromatic nitrogens is 3. The van der Waals surface area contributed by atoms with E-state index in [1.807, 2.05) is 47.1 Å². The van der Waals surface area contributed by atoms with Crippen LogP contribution in [0.3, 0.4) is 0 Å². The summed E-state index contributed by atoms with van der Waals surface area (Å²) in [5.41, 5.74) is 1.82. The molecule has 1 aliphatic carbocycles. The van der Waals surface area contributed by atoms with Gasteiger partial charge in [0.05, 0.1) is 18.3 Å². The first-order valence-electron chi connectivity index (χ1n) is 8.73. The van der Waals surface area contributed by atoms with Crippen LogP contribution in [0.15, 0.2) is 30.6 Å². The van der Waals surface area contributed by atoms with Crippen molar-refractivity contribution in [1.29, 1.82) is 0 Å². The average molecular weight is 328 g/mol. The zero-order valence-corrected chi connectivity index (χ0v) is 14.1. The van der Waals surface area contributed by atoms with Gasteiger partial charge < -0.3 is 14.2 Å². The lowest BCUT2D eigenvalue weighted by molar-refractivity contribution is 0.0602. The van der Waals surface area contributed by atoms with Gasteiger partial charge in [0.15, 0.2) is 0 Å². The highest BCUT2D eigenvalue weighted by Crippen LogP contribution is 2.29. The van der Waals surface area contributed by atoms with Gasteiger partial charge in [0.25, 0.3) is 5.91 Å². The molecule has 0 aromatic carbocycles. The summed E-state index contributed by atoms with van der Waals surface area (Å²) in [5.74, 6) is 0.867. The molecule has 1 fully saturated rings. The minimum atomic E-state index is 0.0823. The molecular formula is C18H24N4O2. The monoisotopic (exact) mass is 328 g/mol. The number of hydrogen-bond donors (Lipinski definition) is 0. The topological polar surface area (TPSA) is 52.3 Å². The summed E-state index contributed by atoms with van der Waals surface area (Å²) in [5, 5.41) is 4.46. The molecule has 24 heavy (non-hydrogen) atoms. The van der Waals surface area contributed by atoms with E-state index in [-0.39, 0.29) is 11.9 Å². The van der Waals surface area contributed by atoms with Crippen molar-refractivity contribution in [3.63, 3.8) is 0 Å². The third-order valence-electron chi connectivity index (χ3n) is 4.98. The summed E-state index contributed by atoms with van der Waals surface area (Å²) >= 11 is 0. The zero-order valence-electron chi connectivity index (χ0n) is 14.1. The molecule has 1 atom stereocenters. The van der Waals surface area contributed by atoms with Crippen molar-refractivity contribution >= 4 is 5.91 Å². The molecule has 6 heteroatoms. The predicted molar refractivity (Wildman–Crippen MR) is 89.6 cm³/mol. The van der Waals surface area contributed by atoms with Gasteiger partial charge in [0.1, 0.15) is 5.69 Å². The zero-order chi connectivity index (χ0) is 16.5. The highest BCUT2D eigenvalue weighted by Gasteiger charge is 2.30. The smallest absolute Gasteiger partial charge is 0.270 e. The van der Waals surface area contributed by atoms with E-state index in [1.54, 1.807) is 0 Å². The summed E-state index contributed by atoms with van der Waals surface area (Å²) in [6.45, 7) is 2.91. The molecule has 0 saturated heterocycles. The van der Waals surface area contributed by atoms with Gasteiger partial charge in [0.2, 0.25) is 0 Å². The number of carbonyl (C=O) groups is 1. The van der Waals surface area contributed by atoms with Crippen molar-refractivity contribution in [2.45, 2.75) is 31.8 Å².